The molecule has 0 atom stereocenters. The summed E-state index contributed by atoms with van der Waals surface area (Å²) >= 11 is 1.36. The van der Waals surface area contributed by atoms with Gasteiger partial charge in [0.1, 0.15) is 11.4 Å². The maximum atomic E-state index is 12.4. The Morgan fingerprint density at radius 1 is 1.32 bits per heavy atom. The molecule has 0 saturated heterocycles. The van der Waals surface area contributed by atoms with Gasteiger partial charge >= 0.3 is 5.69 Å². The lowest BCUT2D eigenvalue weighted by atomic mass is 10.1. The fraction of sp³-hybridized carbons (Fsp3) is 0.316. The van der Waals surface area contributed by atoms with Crippen LogP contribution in [0.1, 0.15) is 36.5 Å². The maximum Gasteiger partial charge on any atom is 0.312 e. The summed E-state index contributed by atoms with van der Waals surface area (Å²) in [5.74, 6) is -0.122. The molecule has 0 saturated carbocycles. The average molecular weight is 399 g/mol. The molecule has 9 heteroatoms. The molecule has 3 aromatic rings. The number of benzene rings is 1. The Morgan fingerprint density at radius 3 is 2.64 bits per heavy atom. The molecule has 0 aliphatic rings. The lowest BCUT2D eigenvalue weighted by Gasteiger charge is -2.21. The first-order valence-electron chi connectivity index (χ1n) is 8.84. The van der Waals surface area contributed by atoms with Gasteiger partial charge in [-0.15, -0.1) is 11.3 Å². The van der Waals surface area contributed by atoms with E-state index in [-0.39, 0.29) is 11.6 Å². The minimum atomic E-state index is -0.417. The smallest absolute Gasteiger partial charge is 0.274 e. The van der Waals surface area contributed by atoms with Crippen molar-refractivity contribution >= 4 is 33.8 Å². The van der Waals surface area contributed by atoms with Crippen molar-refractivity contribution in [3.8, 4) is 0 Å². The average Bonchev–Trinajstić information content (AvgIpc) is 3.20. The molecule has 0 N–H and O–H groups in total. The summed E-state index contributed by atoms with van der Waals surface area (Å²) in [4.78, 5) is 29.3. The van der Waals surface area contributed by atoms with Crippen LogP contribution in [0.4, 0.5) is 16.5 Å². The lowest BCUT2D eigenvalue weighted by Crippen LogP contribution is -2.23. The first-order chi connectivity index (χ1) is 13.3. The number of hydrogen-bond donors (Lipinski definition) is 0. The Bertz CT molecular complexity index is 1040. The predicted molar refractivity (Wildman–Crippen MR) is 108 cm³/mol. The summed E-state index contributed by atoms with van der Waals surface area (Å²) in [7, 11) is 0. The van der Waals surface area contributed by atoms with E-state index in [1.54, 1.807) is 23.4 Å². The van der Waals surface area contributed by atoms with Crippen LogP contribution in [0.2, 0.25) is 0 Å². The number of para-hydroxylation sites is 1. The Balaban J connectivity index is 1.93. The SMILES string of the molecule is CCc1ccccc1N(C(C)=O)c1nc(Cn2nc(C)c([N+](=O)[O-])c2C)cs1. The molecule has 2 aromatic heterocycles. The molecule has 2 heterocycles. The van der Waals surface area contributed by atoms with E-state index < -0.39 is 4.92 Å². The standard InChI is InChI=1S/C19H21N5O3S/c1-5-15-8-6-7-9-17(15)23(14(4)25)19-20-16(11-28-19)10-22-13(3)18(24(26)27)12(2)21-22/h6-9,11H,5,10H2,1-4H3. The van der Waals surface area contributed by atoms with E-state index in [0.717, 1.165) is 17.7 Å². The van der Waals surface area contributed by atoms with Crippen LogP contribution in [-0.2, 0) is 17.8 Å². The first kappa shape index (κ1) is 19.7. The molecule has 1 aromatic carbocycles. The third-order valence-corrected chi connectivity index (χ3v) is 5.37. The van der Waals surface area contributed by atoms with E-state index in [1.807, 2.05) is 36.6 Å². The monoisotopic (exact) mass is 399 g/mol. The third-order valence-electron chi connectivity index (χ3n) is 4.50. The number of rotatable bonds is 6. The van der Waals surface area contributed by atoms with Gasteiger partial charge in [0.15, 0.2) is 5.13 Å². The van der Waals surface area contributed by atoms with Gasteiger partial charge in [0.25, 0.3) is 0 Å². The normalized spacial score (nSPS) is 10.9. The predicted octanol–water partition coefficient (Wildman–Crippen LogP) is 4.16. The number of anilines is 2. The van der Waals surface area contributed by atoms with Gasteiger partial charge < -0.3 is 0 Å². The largest absolute Gasteiger partial charge is 0.312 e. The van der Waals surface area contributed by atoms with E-state index in [9.17, 15) is 14.9 Å². The fourth-order valence-corrected chi connectivity index (χ4v) is 4.04. The van der Waals surface area contributed by atoms with E-state index in [2.05, 4.69) is 10.1 Å². The third kappa shape index (κ3) is 3.65. The van der Waals surface area contributed by atoms with Gasteiger partial charge in [-0.2, -0.15) is 5.10 Å². The lowest BCUT2D eigenvalue weighted by molar-refractivity contribution is -0.386. The molecular formula is C19H21N5O3S. The van der Waals surface area contributed by atoms with E-state index in [1.165, 1.54) is 18.3 Å². The molecule has 0 aliphatic heterocycles. The second-order valence-electron chi connectivity index (χ2n) is 6.39. The van der Waals surface area contributed by atoms with Gasteiger partial charge in [-0.25, -0.2) is 4.98 Å². The Hall–Kier alpha value is -3.07. The minimum absolute atomic E-state index is 0.0256. The number of aromatic nitrogens is 3. The highest BCUT2D eigenvalue weighted by Crippen LogP contribution is 2.32. The van der Waals surface area contributed by atoms with Gasteiger partial charge in [-0.05, 0) is 31.9 Å². The zero-order valence-corrected chi connectivity index (χ0v) is 17.0. The van der Waals surface area contributed by atoms with Crippen molar-refractivity contribution in [2.24, 2.45) is 0 Å². The number of carbonyl (C=O) groups excluding carboxylic acids is 1. The molecule has 3 rings (SSSR count). The van der Waals surface area contributed by atoms with Crippen molar-refractivity contribution in [1.82, 2.24) is 14.8 Å². The van der Waals surface area contributed by atoms with Gasteiger partial charge in [-0.3, -0.25) is 24.5 Å². The molecule has 0 fully saturated rings. The number of nitro groups is 1. The number of aryl methyl sites for hydroxylation is 2. The van der Waals surface area contributed by atoms with E-state index in [0.29, 0.717) is 28.8 Å². The van der Waals surface area contributed by atoms with Crippen LogP contribution in [0.5, 0.6) is 0 Å². The van der Waals surface area contributed by atoms with Crippen molar-refractivity contribution in [1.29, 1.82) is 0 Å². The second kappa shape index (κ2) is 7.89. The minimum Gasteiger partial charge on any atom is -0.274 e. The van der Waals surface area contributed by atoms with Crippen LogP contribution in [-0.4, -0.2) is 25.6 Å². The molecule has 1 amide bonds. The molecular weight excluding hydrogens is 378 g/mol. The van der Waals surface area contributed by atoms with Crippen molar-refractivity contribution < 1.29 is 9.72 Å². The van der Waals surface area contributed by atoms with Crippen molar-refractivity contribution in [3.63, 3.8) is 0 Å². The van der Waals surface area contributed by atoms with Crippen LogP contribution >= 0.6 is 11.3 Å². The van der Waals surface area contributed by atoms with Gasteiger partial charge in [0, 0.05) is 12.3 Å². The fourth-order valence-electron chi connectivity index (χ4n) is 3.17. The van der Waals surface area contributed by atoms with Crippen LogP contribution in [0.3, 0.4) is 0 Å². The molecule has 0 radical (unpaired) electrons. The molecule has 8 nitrogen and oxygen atoms in total. The quantitative estimate of drug-likeness (QED) is 0.458. The summed E-state index contributed by atoms with van der Waals surface area (Å²) in [6.45, 7) is 7.15. The second-order valence-corrected chi connectivity index (χ2v) is 7.23. The highest BCUT2D eigenvalue weighted by atomic mass is 32.1. The number of thiazole rings is 1. The number of carbonyl (C=O) groups is 1. The Labute approximate surface area is 166 Å². The first-order valence-corrected chi connectivity index (χ1v) is 9.72. The van der Waals surface area contributed by atoms with Crippen LogP contribution in [0.15, 0.2) is 29.6 Å². The highest BCUT2D eigenvalue weighted by molar-refractivity contribution is 7.14. The van der Waals surface area contributed by atoms with Gasteiger partial charge in [0.2, 0.25) is 5.91 Å². The number of amides is 1. The molecule has 0 bridgehead atoms. The molecule has 0 unspecified atom stereocenters. The molecule has 146 valence electrons. The molecule has 0 aliphatic carbocycles. The molecule has 0 spiro atoms. The zero-order valence-electron chi connectivity index (χ0n) is 16.2. The van der Waals surface area contributed by atoms with Gasteiger partial charge in [-0.1, -0.05) is 25.1 Å². The summed E-state index contributed by atoms with van der Waals surface area (Å²) in [6, 6.07) is 7.75. The highest BCUT2D eigenvalue weighted by Gasteiger charge is 2.23. The van der Waals surface area contributed by atoms with E-state index >= 15 is 0 Å². The number of nitrogens with zero attached hydrogens (tertiary/aromatic N) is 5. The van der Waals surface area contributed by atoms with Gasteiger partial charge in [0.05, 0.1) is 22.8 Å². The Kier molecular flexibility index (Phi) is 5.55. The van der Waals surface area contributed by atoms with E-state index in [4.69, 9.17) is 0 Å². The zero-order chi connectivity index (χ0) is 20.4. The van der Waals surface area contributed by atoms with Crippen LogP contribution in [0.25, 0.3) is 0 Å². The van der Waals surface area contributed by atoms with Crippen LogP contribution in [0, 0.1) is 24.0 Å². The maximum absolute atomic E-state index is 12.4. The topological polar surface area (TPSA) is 94.2 Å². The van der Waals surface area contributed by atoms with Crippen LogP contribution < -0.4 is 4.90 Å². The summed E-state index contributed by atoms with van der Waals surface area (Å²) in [6.07, 6.45) is 0.799. The summed E-state index contributed by atoms with van der Waals surface area (Å²) in [5.41, 5.74) is 3.46. The summed E-state index contributed by atoms with van der Waals surface area (Å²) in [5, 5.41) is 17.9. The van der Waals surface area contributed by atoms with Crippen molar-refractivity contribution in [3.05, 3.63) is 62.4 Å². The Morgan fingerprint density at radius 2 is 2.04 bits per heavy atom. The van der Waals surface area contributed by atoms with Crippen molar-refractivity contribution in [2.45, 2.75) is 40.7 Å². The number of hydrogen-bond acceptors (Lipinski definition) is 6. The molecule has 28 heavy (non-hydrogen) atoms. The van der Waals surface area contributed by atoms with Crippen molar-refractivity contribution in [2.75, 3.05) is 4.90 Å². The summed E-state index contributed by atoms with van der Waals surface area (Å²) < 4.78 is 1.57.